The minimum Gasteiger partial charge on any atom is -0.409 e. The van der Waals surface area contributed by atoms with Gasteiger partial charge in [0, 0.05) is 0 Å². The van der Waals surface area contributed by atoms with Crippen molar-refractivity contribution in [1.82, 2.24) is 0 Å². The van der Waals surface area contributed by atoms with Crippen LogP contribution in [0.2, 0.25) is 36.3 Å². The van der Waals surface area contributed by atoms with Gasteiger partial charge in [0.15, 0.2) is 16.6 Å². The van der Waals surface area contributed by atoms with Gasteiger partial charge in [0.1, 0.15) is 17.8 Å². The Kier molecular flexibility index (Phi) is 13.9. The van der Waals surface area contributed by atoms with E-state index in [-0.39, 0.29) is 16.7 Å². The molecular formula is C38H58O9S2Si2. The van der Waals surface area contributed by atoms with Crippen LogP contribution in [0.5, 0.6) is 0 Å². The topological polar surface area (TPSA) is 114 Å². The van der Waals surface area contributed by atoms with Crippen molar-refractivity contribution >= 4 is 36.9 Å². The van der Waals surface area contributed by atoms with Gasteiger partial charge in [-0.3, -0.25) is 8.37 Å². The van der Waals surface area contributed by atoms with Crippen LogP contribution in [0.4, 0.5) is 0 Å². The Morgan fingerprint density at radius 2 is 0.922 bits per heavy atom. The summed E-state index contributed by atoms with van der Waals surface area (Å²) in [5.41, 5.74) is 1.24. The van der Waals surface area contributed by atoms with E-state index in [1.54, 1.807) is 0 Å². The van der Waals surface area contributed by atoms with Crippen LogP contribution in [0, 0.1) is 0 Å². The highest BCUT2D eigenvalue weighted by Crippen LogP contribution is 2.44. The van der Waals surface area contributed by atoms with Gasteiger partial charge in [-0.15, -0.1) is 0 Å². The van der Waals surface area contributed by atoms with Gasteiger partial charge in [0.05, 0.1) is 31.8 Å². The van der Waals surface area contributed by atoms with Crippen LogP contribution in [0.15, 0.2) is 91.0 Å². The second-order valence-corrected chi connectivity index (χ2v) is 28.9. The lowest BCUT2D eigenvalue weighted by atomic mass is 9.80. The van der Waals surface area contributed by atoms with Crippen molar-refractivity contribution in [2.75, 3.05) is 25.7 Å². The number of rotatable bonds is 17. The molecule has 0 radical (unpaired) electrons. The molecule has 0 N–H and O–H groups in total. The Labute approximate surface area is 309 Å². The molecule has 3 rings (SSSR count). The summed E-state index contributed by atoms with van der Waals surface area (Å²) in [6, 6.07) is 29.2. The van der Waals surface area contributed by atoms with Gasteiger partial charge in [-0.1, -0.05) is 133 Å². The molecular weight excluding hydrogens is 721 g/mol. The SMILES string of the molecule is CC(C)(C)[Si](C)(C)O[C@@H]([C@H](COS(C)(=O)=O)O[Si](C)(C)C(C)(C)C)[C@H](COC(c1ccccc1)(c1ccccc1)c1ccccc1)OS(C)(=O)=O. The fraction of sp³-hybridized carbons (Fsp3) is 0.526. The third-order valence-corrected chi connectivity index (χ3v) is 20.1. The zero-order chi connectivity index (χ0) is 38.5. The highest BCUT2D eigenvalue weighted by atomic mass is 32.2. The first-order valence-corrected chi connectivity index (χ1v) is 26.6. The predicted octanol–water partition coefficient (Wildman–Crippen LogP) is 8.10. The van der Waals surface area contributed by atoms with Gasteiger partial charge in [-0.25, -0.2) is 0 Å². The third-order valence-electron chi connectivity index (χ3n) is 9.97. The molecule has 13 heteroatoms. The molecule has 0 aliphatic heterocycles. The zero-order valence-electron chi connectivity index (χ0n) is 32.3. The van der Waals surface area contributed by atoms with Crippen molar-refractivity contribution < 1.29 is 38.8 Å². The highest BCUT2D eigenvalue weighted by Gasteiger charge is 2.49. The van der Waals surface area contributed by atoms with Crippen molar-refractivity contribution in [2.45, 2.75) is 102 Å². The first-order chi connectivity index (χ1) is 23.3. The highest BCUT2D eigenvalue weighted by molar-refractivity contribution is 7.86. The summed E-state index contributed by atoms with van der Waals surface area (Å²) in [6.07, 6.45) is -1.47. The molecule has 0 aliphatic carbocycles. The average Bonchev–Trinajstić information content (AvgIpc) is 3.01. The molecule has 0 aliphatic rings. The first kappa shape index (κ1) is 43.2. The smallest absolute Gasteiger partial charge is 0.264 e. The minimum absolute atomic E-state index is 0.277. The molecule has 0 aromatic heterocycles. The van der Waals surface area contributed by atoms with Crippen LogP contribution < -0.4 is 0 Å². The first-order valence-electron chi connectivity index (χ1n) is 17.2. The van der Waals surface area contributed by atoms with Crippen LogP contribution >= 0.6 is 0 Å². The van der Waals surface area contributed by atoms with E-state index in [0.29, 0.717) is 0 Å². The van der Waals surface area contributed by atoms with Crippen molar-refractivity contribution in [3.63, 3.8) is 0 Å². The summed E-state index contributed by atoms with van der Waals surface area (Å²) in [5, 5.41) is -0.604. The zero-order valence-corrected chi connectivity index (χ0v) is 35.9. The Balaban J connectivity index is 2.33. The number of benzene rings is 3. The monoisotopic (exact) mass is 778 g/mol. The molecule has 0 unspecified atom stereocenters. The predicted molar refractivity (Wildman–Crippen MR) is 210 cm³/mol. The largest absolute Gasteiger partial charge is 0.409 e. The summed E-state index contributed by atoms with van der Waals surface area (Å²) >= 11 is 0. The lowest BCUT2D eigenvalue weighted by molar-refractivity contribution is -0.0965. The van der Waals surface area contributed by atoms with E-state index in [9.17, 15) is 16.8 Å². The number of hydrogen-bond donors (Lipinski definition) is 0. The van der Waals surface area contributed by atoms with Crippen LogP contribution in [-0.4, -0.2) is 77.5 Å². The van der Waals surface area contributed by atoms with Crippen molar-refractivity contribution in [2.24, 2.45) is 0 Å². The molecule has 0 bridgehead atoms. The molecule has 3 aromatic rings. The summed E-state index contributed by atoms with van der Waals surface area (Å²) in [4.78, 5) is 0. The molecule has 0 fully saturated rings. The van der Waals surface area contributed by atoms with Gasteiger partial charge >= 0.3 is 0 Å². The lowest BCUT2D eigenvalue weighted by Gasteiger charge is -2.47. The normalized spacial score (nSPS) is 15.7. The van der Waals surface area contributed by atoms with E-state index in [1.807, 2.05) is 117 Å². The summed E-state index contributed by atoms with van der Waals surface area (Å²) < 4.78 is 83.6. The maximum atomic E-state index is 13.1. The summed E-state index contributed by atoms with van der Waals surface area (Å²) in [6.45, 7) is 19.9. The molecule has 3 aromatic carbocycles. The molecule has 9 nitrogen and oxygen atoms in total. The maximum absolute atomic E-state index is 13.1. The molecule has 0 saturated carbocycles. The molecule has 0 saturated heterocycles. The van der Waals surface area contributed by atoms with Gasteiger partial charge in [0.25, 0.3) is 20.2 Å². The van der Waals surface area contributed by atoms with E-state index < -0.39 is 67.4 Å². The van der Waals surface area contributed by atoms with Crippen molar-refractivity contribution in [3.8, 4) is 0 Å². The molecule has 0 spiro atoms. The van der Waals surface area contributed by atoms with Crippen LogP contribution in [0.3, 0.4) is 0 Å². The Morgan fingerprint density at radius 1 is 0.549 bits per heavy atom. The minimum atomic E-state index is -4.12. The Hall–Kier alpha value is -2.21. The van der Waals surface area contributed by atoms with E-state index in [2.05, 4.69) is 41.5 Å². The second kappa shape index (κ2) is 16.4. The van der Waals surface area contributed by atoms with Crippen LogP contribution in [0.25, 0.3) is 0 Å². The standard InChI is InChI=1S/C38H58O9S2Si2/c1-36(2,3)50(9,10)46-34(29-44-48(7,39)40)35(47-51(11,12)37(4,5)6)33(45-49(8,41)42)28-43-38(30-22-16-13-17-23-30,31-24-18-14-19-25-31)32-26-20-15-21-27-32/h13-27,33-35H,28-29H2,1-12H3/t33-,34-,35+/m0/s1. The van der Waals surface area contributed by atoms with Gasteiger partial charge in [-0.2, -0.15) is 16.8 Å². The second-order valence-electron chi connectivity index (χ2n) is 16.2. The van der Waals surface area contributed by atoms with Gasteiger partial charge in [-0.05, 0) is 53.0 Å². The lowest BCUT2D eigenvalue weighted by Crippen LogP contribution is -2.58. The van der Waals surface area contributed by atoms with E-state index >= 15 is 0 Å². The van der Waals surface area contributed by atoms with Gasteiger partial charge in [0.2, 0.25) is 0 Å². The quantitative estimate of drug-likeness (QED) is 0.0762. The third kappa shape index (κ3) is 11.6. The fourth-order valence-corrected chi connectivity index (χ4v) is 8.87. The van der Waals surface area contributed by atoms with E-state index in [4.69, 9.17) is 22.0 Å². The molecule has 0 amide bonds. The molecule has 284 valence electrons. The van der Waals surface area contributed by atoms with Crippen LogP contribution in [-0.2, 0) is 47.8 Å². The molecule has 3 atom stereocenters. The fourth-order valence-electron chi connectivity index (χ4n) is 5.23. The summed E-state index contributed by atoms with van der Waals surface area (Å²) in [7, 11) is -13.4. The summed E-state index contributed by atoms with van der Waals surface area (Å²) in [5.74, 6) is 0. The van der Waals surface area contributed by atoms with E-state index in [1.165, 1.54) is 0 Å². The van der Waals surface area contributed by atoms with Gasteiger partial charge < -0.3 is 13.6 Å². The number of hydrogen-bond acceptors (Lipinski definition) is 9. The van der Waals surface area contributed by atoms with E-state index in [0.717, 1.165) is 29.2 Å². The Morgan fingerprint density at radius 3 is 1.25 bits per heavy atom. The van der Waals surface area contributed by atoms with Crippen LogP contribution in [0.1, 0.15) is 58.2 Å². The van der Waals surface area contributed by atoms with Crippen molar-refractivity contribution in [1.29, 1.82) is 0 Å². The average molecular weight is 779 g/mol. The van der Waals surface area contributed by atoms with Crippen molar-refractivity contribution in [3.05, 3.63) is 108 Å². The number of ether oxygens (including phenoxy) is 1. The molecule has 0 heterocycles. The molecule has 51 heavy (non-hydrogen) atoms. The Bertz CT molecular complexity index is 1660. The maximum Gasteiger partial charge on any atom is 0.264 e.